The Morgan fingerprint density at radius 2 is 0.848 bits per heavy atom. The van der Waals surface area contributed by atoms with Gasteiger partial charge >= 0.3 is 53.9 Å². The van der Waals surface area contributed by atoms with E-state index in [9.17, 15) is 88.2 Å². The van der Waals surface area contributed by atoms with E-state index in [0.717, 1.165) is 0 Å². The lowest BCUT2D eigenvalue weighted by molar-refractivity contribution is -0.437. The molecule has 0 atom stereocenters. The van der Waals surface area contributed by atoms with Crippen molar-refractivity contribution in [1.29, 1.82) is 0 Å². The molecule has 0 aliphatic heterocycles. The molecule has 0 N–H and O–H groups in total. The zero-order valence-electron chi connectivity index (χ0n) is 14.5. The Hall–Kier alpha value is -2.12. The fraction of sp³-hybridized carbons (Fsp3) is 0.750. The number of alkyl halides is 18. The van der Waals surface area contributed by atoms with Crippen LogP contribution in [0.4, 0.5) is 83.4 Å². The highest BCUT2D eigenvalue weighted by atomic mass is 19.4. The molecule has 0 aliphatic carbocycles. The molecule has 0 fully saturated rings. The summed E-state index contributed by atoms with van der Waals surface area (Å²) in [5, 5.41) is 0. The molecule has 0 unspecified atom stereocenters. The Bertz CT molecular complexity index is 784. The van der Waals surface area contributed by atoms with Crippen LogP contribution in [0.15, 0.2) is 11.4 Å². The molecule has 0 radical (unpaired) electrons. The van der Waals surface area contributed by atoms with E-state index in [2.05, 4.69) is 4.74 Å². The maximum absolute atomic E-state index is 13.6. The number of carbonyl (C=O) groups is 1. The van der Waals surface area contributed by atoms with E-state index in [-0.39, 0.29) is 7.11 Å². The predicted molar refractivity (Wildman–Crippen MR) is 61.9 cm³/mol. The Kier molecular flexibility index (Phi) is 7.47. The summed E-state index contributed by atoms with van der Waals surface area (Å²) in [7, 11) is -0.287. The van der Waals surface area contributed by atoms with Crippen molar-refractivity contribution in [2.24, 2.45) is 0 Å². The first-order chi connectivity index (χ1) is 14.0. The summed E-state index contributed by atoms with van der Waals surface area (Å²) in [6, 6.07) is 0. The lowest BCUT2D eigenvalue weighted by Gasteiger charge is -2.39. The number of rotatable bonds is 7. The number of hydrogen-bond acceptors (Lipinski definition) is 2. The number of esters is 1. The highest BCUT2D eigenvalue weighted by molar-refractivity contribution is 5.91. The van der Waals surface area contributed by atoms with Gasteiger partial charge in [-0.2, -0.15) is 79.0 Å². The van der Waals surface area contributed by atoms with Crippen LogP contribution in [0.2, 0.25) is 0 Å². The summed E-state index contributed by atoms with van der Waals surface area (Å²) in [5.74, 6) is -58.5. The van der Waals surface area contributed by atoms with Crippen molar-refractivity contribution >= 4 is 5.97 Å². The van der Waals surface area contributed by atoms with Crippen molar-refractivity contribution in [2.75, 3.05) is 7.11 Å². The molecule has 0 saturated heterocycles. The molecule has 0 saturated carbocycles. The van der Waals surface area contributed by atoms with Crippen molar-refractivity contribution in [3.8, 4) is 0 Å². The topological polar surface area (TPSA) is 26.3 Å². The molecule has 0 rings (SSSR count). The summed E-state index contributed by atoms with van der Waals surface area (Å²) in [6.45, 7) is 0. The van der Waals surface area contributed by atoms with Gasteiger partial charge in [-0.1, -0.05) is 0 Å². The van der Waals surface area contributed by atoms with Gasteiger partial charge in [-0.3, -0.25) is 0 Å². The summed E-state index contributed by atoms with van der Waals surface area (Å²) in [5.41, 5.74) is -4.52. The standard InChI is InChI=1S/C12H3F19O2/c1-33-4(32)2(5(14,15)11(26,27)28)3(13)6(16,17)7(18,19)8(20,21)9(22,23)10(24,25)12(29,30)31/h1H3. The van der Waals surface area contributed by atoms with Gasteiger partial charge in [0.2, 0.25) is 0 Å². The monoisotopic (exact) mass is 540 g/mol. The Morgan fingerprint density at radius 3 is 1.12 bits per heavy atom. The molecule has 2 nitrogen and oxygen atoms in total. The fourth-order valence-electron chi connectivity index (χ4n) is 1.66. The number of methoxy groups -OCH3 is 1. The van der Waals surface area contributed by atoms with Gasteiger partial charge in [-0.05, 0) is 0 Å². The van der Waals surface area contributed by atoms with Gasteiger partial charge in [-0.15, -0.1) is 0 Å². The molecular formula is C12H3F19O2. The maximum Gasteiger partial charge on any atom is 0.460 e. The van der Waals surface area contributed by atoms with Crippen LogP contribution in [0.25, 0.3) is 0 Å². The summed E-state index contributed by atoms with van der Waals surface area (Å²) < 4.78 is 247. The quantitative estimate of drug-likeness (QED) is 0.215. The zero-order chi connectivity index (χ0) is 27.4. The van der Waals surface area contributed by atoms with E-state index >= 15 is 0 Å². The minimum Gasteiger partial charge on any atom is -0.465 e. The summed E-state index contributed by atoms with van der Waals surface area (Å²) in [4.78, 5) is 10.9. The highest BCUT2D eigenvalue weighted by Crippen LogP contribution is 2.62. The minimum absolute atomic E-state index is 0.287. The first kappa shape index (κ1) is 30.9. The number of carbonyl (C=O) groups excluding carboxylic acids is 1. The molecule has 0 aromatic rings. The van der Waals surface area contributed by atoms with E-state index in [1.165, 1.54) is 0 Å². The SMILES string of the molecule is COC(=O)C(=C(F)C(F)(F)C(F)(F)C(F)(F)C(F)(F)C(F)(F)C(F)(F)F)C(F)(F)C(F)(F)F. The third-order valence-corrected chi connectivity index (χ3v) is 3.49. The van der Waals surface area contributed by atoms with E-state index < -0.39 is 65.3 Å². The van der Waals surface area contributed by atoms with Gasteiger partial charge in [0.1, 0.15) is 0 Å². The average Bonchev–Trinajstić information content (AvgIpc) is 2.58. The maximum atomic E-state index is 13.6. The van der Waals surface area contributed by atoms with Crippen LogP contribution >= 0.6 is 0 Å². The van der Waals surface area contributed by atoms with Gasteiger partial charge in [0.25, 0.3) is 0 Å². The van der Waals surface area contributed by atoms with Crippen LogP contribution < -0.4 is 0 Å². The lowest BCUT2D eigenvalue weighted by Crippen LogP contribution is -2.70. The van der Waals surface area contributed by atoms with Crippen LogP contribution in [0, 0.1) is 0 Å². The first-order valence-electron chi connectivity index (χ1n) is 6.91. The second-order valence-electron chi connectivity index (χ2n) is 5.62. The minimum atomic E-state index is -8.71. The van der Waals surface area contributed by atoms with Crippen molar-refractivity contribution in [3.05, 3.63) is 11.4 Å². The molecule has 0 amide bonds. The zero-order valence-corrected chi connectivity index (χ0v) is 14.5. The van der Waals surface area contributed by atoms with E-state index in [4.69, 9.17) is 0 Å². The third-order valence-electron chi connectivity index (χ3n) is 3.49. The van der Waals surface area contributed by atoms with Gasteiger partial charge in [0.15, 0.2) is 11.4 Å². The Morgan fingerprint density at radius 1 is 0.515 bits per heavy atom. The molecule has 0 aromatic carbocycles. The van der Waals surface area contributed by atoms with Crippen LogP contribution in [-0.4, -0.2) is 61.0 Å². The van der Waals surface area contributed by atoms with Crippen LogP contribution in [0.1, 0.15) is 0 Å². The van der Waals surface area contributed by atoms with Gasteiger partial charge in [0.05, 0.1) is 7.11 Å². The van der Waals surface area contributed by atoms with Crippen molar-refractivity contribution in [2.45, 2.75) is 47.9 Å². The average molecular weight is 540 g/mol. The second kappa shape index (κ2) is 7.98. The number of ether oxygens (including phenoxy) is 1. The molecule has 196 valence electrons. The molecule has 33 heavy (non-hydrogen) atoms. The van der Waals surface area contributed by atoms with E-state index in [0.29, 0.717) is 0 Å². The van der Waals surface area contributed by atoms with E-state index in [1.54, 1.807) is 0 Å². The number of allylic oxidation sites excluding steroid dienone is 1. The molecule has 21 heteroatoms. The largest absolute Gasteiger partial charge is 0.465 e. The van der Waals surface area contributed by atoms with Crippen molar-refractivity contribution < 1.29 is 92.9 Å². The highest BCUT2D eigenvalue weighted by Gasteiger charge is 2.91. The molecular weight excluding hydrogens is 537 g/mol. The number of halogens is 19. The normalized spacial score (nSPS) is 16.5. The van der Waals surface area contributed by atoms with Gasteiger partial charge < -0.3 is 4.74 Å². The molecule has 0 aromatic heterocycles. The fourth-order valence-corrected chi connectivity index (χ4v) is 1.66. The number of hydrogen-bond donors (Lipinski definition) is 0. The third kappa shape index (κ3) is 4.26. The van der Waals surface area contributed by atoms with Crippen LogP contribution in [0.3, 0.4) is 0 Å². The smallest absolute Gasteiger partial charge is 0.460 e. The molecule has 0 aliphatic rings. The lowest BCUT2D eigenvalue weighted by atomic mass is 9.91. The van der Waals surface area contributed by atoms with Gasteiger partial charge in [0, 0.05) is 0 Å². The summed E-state index contributed by atoms with van der Waals surface area (Å²) in [6.07, 6.45) is -15.2. The van der Waals surface area contributed by atoms with Crippen LogP contribution in [0.5, 0.6) is 0 Å². The van der Waals surface area contributed by atoms with Crippen molar-refractivity contribution in [1.82, 2.24) is 0 Å². The molecule has 0 heterocycles. The molecule has 0 spiro atoms. The second-order valence-corrected chi connectivity index (χ2v) is 5.62. The first-order valence-corrected chi connectivity index (χ1v) is 6.91. The predicted octanol–water partition coefficient (Wildman–Crippen LogP) is 6.32. The van der Waals surface area contributed by atoms with Gasteiger partial charge in [-0.25, -0.2) is 9.18 Å². The molecule has 0 bridgehead atoms. The van der Waals surface area contributed by atoms with E-state index in [1.807, 2.05) is 0 Å². The van der Waals surface area contributed by atoms with Crippen LogP contribution in [-0.2, 0) is 9.53 Å². The Labute approximate surface area is 166 Å². The Balaban J connectivity index is 7.27. The summed E-state index contributed by atoms with van der Waals surface area (Å²) >= 11 is 0. The van der Waals surface area contributed by atoms with Crippen molar-refractivity contribution in [3.63, 3.8) is 0 Å².